The van der Waals surface area contributed by atoms with E-state index < -0.39 is 0 Å². The van der Waals surface area contributed by atoms with Gasteiger partial charge in [0.05, 0.1) is 0 Å². The van der Waals surface area contributed by atoms with Gasteiger partial charge in [-0.2, -0.15) is 0 Å². The minimum absolute atomic E-state index is 0.254. The molecule has 2 N–H and O–H groups in total. The van der Waals surface area contributed by atoms with Crippen molar-refractivity contribution in [2.24, 2.45) is 5.73 Å². The molecule has 112 valence electrons. The Balaban J connectivity index is 2.06. The van der Waals surface area contributed by atoms with Crippen molar-refractivity contribution in [2.75, 3.05) is 6.54 Å². The van der Waals surface area contributed by atoms with Gasteiger partial charge in [0.25, 0.3) is 0 Å². The Hall–Kier alpha value is -2.39. The van der Waals surface area contributed by atoms with E-state index in [1.165, 1.54) is 12.5 Å². The average Bonchev–Trinajstić information content (AvgIpc) is 2.54. The maximum Gasteiger partial charge on any atom is 0.308 e. The Morgan fingerprint density at radius 1 is 1.18 bits per heavy atom. The fourth-order valence-electron chi connectivity index (χ4n) is 3.03. The highest BCUT2D eigenvalue weighted by Gasteiger charge is 2.23. The minimum Gasteiger partial charge on any atom is -0.426 e. The third kappa shape index (κ3) is 2.81. The molecule has 2 aromatic carbocycles. The summed E-state index contributed by atoms with van der Waals surface area (Å²) >= 11 is 0. The number of nitrogens with two attached hydrogens (primary N) is 1. The van der Waals surface area contributed by atoms with Crippen LogP contribution >= 0.6 is 0 Å². The molecule has 0 saturated heterocycles. The van der Waals surface area contributed by atoms with E-state index in [-0.39, 0.29) is 11.9 Å². The van der Waals surface area contributed by atoms with E-state index in [0.29, 0.717) is 12.3 Å². The smallest absolute Gasteiger partial charge is 0.308 e. The van der Waals surface area contributed by atoms with Crippen LogP contribution in [0, 0.1) is 0 Å². The molecule has 3 nitrogen and oxygen atoms in total. The second kappa shape index (κ2) is 6.16. The number of hydrogen-bond acceptors (Lipinski definition) is 3. The molecule has 0 aliphatic heterocycles. The molecule has 1 unspecified atom stereocenters. The van der Waals surface area contributed by atoms with Crippen LogP contribution in [0.25, 0.3) is 5.57 Å². The molecule has 3 heteroatoms. The van der Waals surface area contributed by atoms with Crippen molar-refractivity contribution in [2.45, 2.75) is 19.3 Å². The Morgan fingerprint density at radius 2 is 1.95 bits per heavy atom. The second-order valence-electron chi connectivity index (χ2n) is 5.49. The van der Waals surface area contributed by atoms with Crippen LogP contribution in [0.4, 0.5) is 0 Å². The van der Waals surface area contributed by atoms with Gasteiger partial charge in [0.2, 0.25) is 0 Å². The van der Waals surface area contributed by atoms with Gasteiger partial charge in [0.1, 0.15) is 5.75 Å². The summed E-state index contributed by atoms with van der Waals surface area (Å²) in [4.78, 5) is 11.3. The molecule has 1 aliphatic carbocycles. The molecule has 3 rings (SSSR count). The molecular weight excluding hydrogens is 274 g/mol. The molecule has 0 heterocycles. The third-order valence-electron chi connectivity index (χ3n) is 4.01. The lowest BCUT2D eigenvalue weighted by Crippen LogP contribution is -2.16. The molecule has 1 atom stereocenters. The molecule has 1 aliphatic rings. The van der Waals surface area contributed by atoms with Crippen LogP contribution in [0.5, 0.6) is 5.75 Å². The number of hydrogen-bond donors (Lipinski definition) is 1. The summed E-state index contributed by atoms with van der Waals surface area (Å²) in [6.07, 6.45) is 3.04. The number of rotatable bonds is 3. The van der Waals surface area contributed by atoms with Gasteiger partial charge in [0.15, 0.2) is 0 Å². The van der Waals surface area contributed by atoms with E-state index in [1.54, 1.807) is 0 Å². The zero-order chi connectivity index (χ0) is 15.5. The standard InChI is InChI=1S/C19H19NO2/c1-13(21)22-19-9-5-8-17-16(12-20)10-15(11-18(17)19)14-6-3-2-4-7-14/h2-10,15H,11-12,20H2,1H3. The predicted molar refractivity (Wildman–Crippen MR) is 87.7 cm³/mol. The number of ether oxygens (including phenoxy) is 1. The van der Waals surface area contributed by atoms with Crippen LogP contribution in [0.1, 0.15) is 29.5 Å². The summed E-state index contributed by atoms with van der Waals surface area (Å²) in [5.74, 6) is 0.599. The molecule has 0 amide bonds. The molecule has 0 fully saturated rings. The zero-order valence-electron chi connectivity index (χ0n) is 12.6. The van der Waals surface area contributed by atoms with Gasteiger partial charge in [-0.1, -0.05) is 48.5 Å². The largest absolute Gasteiger partial charge is 0.426 e. The van der Waals surface area contributed by atoms with Crippen molar-refractivity contribution in [1.82, 2.24) is 0 Å². The molecule has 0 radical (unpaired) electrons. The lowest BCUT2D eigenvalue weighted by molar-refractivity contribution is -0.131. The lowest BCUT2D eigenvalue weighted by Gasteiger charge is -2.25. The fraction of sp³-hybridized carbons (Fsp3) is 0.211. The van der Waals surface area contributed by atoms with Crippen LogP contribution in [-0.2, 0) is 11.2 Å². The van der Waals surface area contributed by atoms with Crippen molar-refractivity contribution in [3.63, 3.8) is 0 Å². The summed E-state index contributed by atoms with van der Waals surface area (Å²) in [7, 11) is 0. The first-order valence-electron chi connectivity index (χ1n) is 7.45. The first-order valence-corrected chi connectivity index (χ1v) is 7.45. The highest BCUT2D eigenvalue weighted by molar-refractivity contribution is 5.77. The van der Waals surface area contributed by atoms with Crippen LogP contribution in [-0.4, -0.2) is 12.5 Å². The van der Waals surface area contributed by atoms with Gasteiger partial charge < -0.3 is 10.5 Å². The van der Waals surface area contributed by atoms with Crippen molar-refractivity contribution in [1.29, 1.82) is 0 Å². The molecule has 2 aromatic rings. The number of benzene rings is 2. The van der Waals surface area contributed by atoms with E-state index in [0.717, 1.165) is 23.1 Å². The SMILES string of the molecule is CC(=O)Oc1cccc2c1CC(c1ccccc1)C=C2CN. The first kappa shape index (κ1) is 14.5. The summed E-state index contributed by atoms with van der Waals surface area (Å²) in [5.41, 5.74) is 10.4. The van der Waals surface area contributed by atoms with Crippen LogP contribution in [0.3, 0.4) is 0 Å². The Bertz CT molecular complexity index is 719. The summed E-state index contributed by atoms with van der Waals surface area (Å²) < 4.78 is 5.38. The van der Waals surface area contributed by atoms with Crippen LogP contribution < -0.4 is 10.5 Å². The van der Waals surface area contributed by atoms with E-state index >= 15 is 0 Å². The Kier molecular flexibility index (Phi) is 4.07. The maximum absolute atomic E-state index is 11.3. The normalized spacial score (nSPS) is 16.6. The summed E-state index contributed by atoms with van der Waals surface area (Å²) in [6.45, 7) is 1.90. The molecule has 0 aromatic heterocycles. The Morgan fingerprint density at radius 3 is 2.64 bits per heavy atom. The molecule has 22 heavy (non-hydrogen) atoms. The minimum atomic E-state index is -0.298. The average molecular weight is 293 g/mol. The Labute approximate surface area is 130 Å². The first-order chi connectivity index (χ1) is 10.7. The summed E-state index contributed by atoms with van der Waals surface area (Å²) in [6, 6.07) is 16.1. The van der Waals surface area contributed by atoms with Gasteiger partial charge in [-0.05, 0) is 29.2 Å². The van der Waals surface area contributed by atoms with E-state index in [1.807, 2.05) is 36.4 Å². The van der Waals surface area contributed by atoms with Crippen LogP contribution in [0.2, 0.25) is 0 Å². The monoisotopic (exact) mass is 293 g/mol. The molecular formula is C19H19NO2. The van der Waals surface area contributed by atoms with Crippen molar-refractivity contribution >= 4 is 11.5 Å². The van der Waals surface area contributed by atoms with E-state index in [4.69, 9.17) is 10.5 Å². The van der Waals surface area contributed by atoms with Crippen molar-refractivity contribution in [3.8, 4) is 5.75 Å². The lowest BCUT2D eigenvalue weighted by atomic mass is 9.81. The van der Waals surface area contributed by atoms with Gasteiger partial charge in [-0.3, -0.25) is 4.79 Å². The predicted octanol–water partition coefficient (Wildman–Crippen LogP) is 3.29. The fourth-order valence-corrected chi connectivity index (χ4v) is 3.03. The number of carbonyl (C=O) groups excluding carboxylic acids is 1. The van der Waals surface area contributed by atoms with Gasteiger partial charge in [-0.15, -0.1) is 0 Å². The third-order valence-corrected chi connectivity index (χ3v) is 4.01. The highest BCUT2D eigenvalue weighted by atomic mass is 16.5. The zero-order valence-corrected chi connectivity index (χ0v) is 12.6. The van der Waals surface area contributed by atoms with Gasteiger partial charge in [0, 0.05) is 24.9 Å². The number of allylic oxidation sites excluding steroid dienone is 1. The van der Waals surface area contributed by atoms with Gasteiger partial charge in [-0.25, -0.2) is 0 Å². The van der Waals surface area contributed by atoms with Crippen molar-refractivity contribution < 1.29 is 9.53 Å². The molecule has 0 saturated carbocycles. The number of fused-ring (bicyclic) bond motifs is 1. The van der Waals surface area contributed by atoms with E-state index in [2.05, 4.69) is 18.2 Å². The van der Waals surface area contributed by atoms with Crippen molar-refractivity contribution in [3.05, 3.63) is 71.3 Å². The van der Waals surface area contributed by atoms with E-state index in [9.17, 15) is 4.79 Å². The quantitative estimate of drug-likeness (QED) is 0.698. The number of carbonyl (C=O) groups is 1. The van der Waals surface area contributed by atoms with Crippen LogP contribution in [0.15, 0.2) is 54.6 Å². The summed E-state index contributed by atoms with van der Waals surface area (Å²) in [5, 5.41) is 0. The number of esters is 1. The molecule has 0 spiro atoms. The maximum atomic E-state index is 11.3. The second-order valence-corrected chi connectivity index (χ2v) is 5.49. The topological polar surface area (TPSA) is 52.3 Å². The highest BCUT2D eigenvalue weighted by Crippen LogP contribution is 2.38. The molecule has 0 bridgehead atoms. The van der Waals surface area contributed by atoms with Gasteiger partial charge >= 0.3 is 5.97 Å².